The lowest BCUT2D eigenvalue weighted by Gasteiger charge is -2.17. The highest BCUT2D eigenvalue weighted by molar-refractivity contribution is 5.66. The zero-order valence-electron chi connectivity index (χ0n) is 10.6. The average Bonchev–Trinajstić information content (AvgIpc) is 2.84. The van der Waals surface area contributed by atoms with Gasteiger partial charge in [-0.2, -0.15) is 13.2 Å². The van der Waals surface area contributed by atoms with Crippen LogP contribution in [0.2, 0.25) is 0 Å². The molecule has 2 rings (SSSR count). The molecule has 0 aromatic carbocycles. The van der Waals surface area contributed by atoms with Gasteiger partial charge in [0.15, 0.2) is 11.5 Å². The summed E-state index contributed by atoms with van der Waals surface area (Å²) in [6.45, 7) is 1.26. The number of alkyl halides is 3. The fraction of sp³-hybridized carbons (Fsp3) is 0.583. The molecule has 0 amide bonds. The molecule has 1 unspecified atom stereocenters. The summed E-state index contributed by atoms with van der Waals surface area (Å²) in [6, 6.07) is 2.21. The monoisotopic (exact) mass is 289 g/mol. The molecule has 1 aliphatic rings. The van der Waals surface area contributed by atoms with Crippen molar-refractivity contribution in [1.82, 2.24) is 10.2 Å². The van der Waals surface area contributed by atoms with Gasteiger partial charge >= 0.3 is 12.1 Å². The Balaban J connectivity index is 1.95. The van der Waals surface area contributed by atoms with Crippen LogP contribution in [-0.2, 0) is 11.0 Å². The molecule has 1 saturated heterocycles. The van der Waals surface area contributed by atoms with Gasteiger partial charge in [-0.3, -0.25) is 4.79 Å². The first-order chi connectivity index (χ1) is 9.36. The third kappa shape index (κ3) is 3.58. The van der Waals surface area contributed by atoms with Crippen molar-refractivity contribution in [2.75, 3.05) is 18.0 Å². The Morgan fingerprint density at radius 1 is 1.40 bits per heavy atom. The molecule has 0 bridgehead atoms. The maximum atomic E-state index is 12.4. The number of carboxylic acid groups (broad SMARTS) is 1. The van der Waals surface area contributed by atoms with Crippen LogP contribution in [0.5, 0.6) is 0 Å². The molecule has 20 heavy (non-hydrogen) atoms. The van der Waals surface area contributed by atoms with Gasteiger partial charge in [0.1, 0.15) is 0 Å². The van der Waals surface area contributed by atoms with Crippen molar-refractivity contribution in [2.45, 2.75) is 25.4 Å². The van der Waals surface area contributed by atoms with Gasteiger partial charge in [0.05, 0.1) is 0 Å². The predicted molar refractivity (Wildman–Crippen MR) is 64.2 cm³/mol. The standard InChI is InChI=1S/C12H14F3N3O2/c13-12(14,15)9-2-3-10(17-16-9)18-6-5-8(7-18)1-4-11(19)20/h2-3,8H,1,4-7H2,(H,19,20). The van der Waals surface area contributed by atoms with Gasteiger partial charge in [0.25, 0.3) is 0 Å². The SMILES string of the molecule is O=C(O)CCC1CCN(c2ccc(C(F)(F)F)nn2)C1. The van der Waals surface area contributed by atoms with E-state index in [2.05, 4.69) is 10.2 Å². The molecule has 1 aromatic heterocycles. The number of aromatic nitrogens is 2. The number of anilines is 1. The summed E-state index contributed by atoms with van der Waals surface area (Å²) in [5, 5.41) is 15.4. The largest absolute Gasteiger partial charge is 0.481 e. The average molecular weight is 289 g/mol. The van der Waals surface area contributed by atoms with Crippen molar-refractivity contribution in [3.63, 3.8) is 0 Å². The molecular weight excluding hydrogens is 275 g/mol. The van der Waals surface area contributed by atoms with Crippen molar-refractivity contribution < 1.29 is 23.1 Å². The van der Waals surface area contributed by atoms with Crippen LogP contribution in [0.1, 0.15) is 25.0 Å². The third-order valence-electron chi connectivity index (χ3n) is 3.32. The Morgan fingerprint density at radius 2 is 2.15 bits per heavy atom. The van der Waals surface area contributed by atoms with E-state index >= 15 is 0 Å². The molecule has 0 saturated carbocycles. The second-order valence-electron chi connectivity index (χ2n) is 4.81. The number of hydrogen-bond donors (Lipinski definition) is 1. The number of hydrogen-bond acceptors (Lipinski definition) is 4. The Kier molecular flexibility index (Phi) is 4.10. The Labute approximate surface area is 113 Å². The lowest BCUT2D eigenvalue weighted by Crippen LogP contribution is -2.22. The van der Waals surface area contributed by atoms with E-state index in [0.29, 0.717) is 25.3 Å². The van der Waals surface area contributed by atoms with Crippen LogP contribution in [0.25, 0.3) is 0 Å². The minimum atomic E-state index is -4.49. The topological polar surface area (TPSA) is 66.3 Å². The fourth-order valence-electron chi connectivity index (χ4n) is 2.25. The normalized spacial score (nSPS) is 19.4. The highest BCUT2D eigenvalue weighted by Gasteiger charge is 2.33. The van der Waals surface area contributed by atoms with Crippen molar-refractivity contribution in [2.24, 2.45) is 5.92 Å². The van der Waals surface area contributed by atoms with Gasteiger partial charge in [-0.05, 0) is 30.9 Å². The minimum absolute atomic E-state index is 0.108. The van der Waals surface area contributed by atoms with E-state index in [9.17, 15) is 18.0 Å². The number of carbonyl (C=O) groups is 1. The van der Waals surface area contributed by atoms with Gasteiger partial charge < -0.3 is 10.0 Å². The number of aliphatic carboxylic acids is 1. The zero-order chi connectivity index (χ0) is 14.8. The van der Waals surface area contributed by atoms with Crippen LogP contribution in [0, 0.1) is 5.92 Å². The second-order valence-corrected chi connectivity index (χ2v) is 4.81. The van der Waals surface area contributed by atoms with Crippen LogP contribution in [0.3, 0.4) is 0 Å². The van der Waals surface area contributed by atoms with Crippen LogP contribution in [-0.4, -0.2) is 34.4 Å². The van der Waals surface area contributed by atoms with Crippen LogP contribution in [0.15, 0.2) is 12.1 Å². The summed E-state index contributed by atoms with van der Waals surface area (Å²) < 4.78 is 37.1. The zero-order valence-corrected chi connectivity index (χ0v) is 10.6. The molecule has 0 aliphatic carbocycles. The maximum Gasteiger partial charge on any atom is 0.435 e. The third-order valence-corrected chi connectivity index (χ3v) is 3.32. The molecule has 0 radical (unpaired) electrons. The molecule has 8 heteroatoms. The molecule has 110 valence electrons. The summed E-state index contributed by atoms with van der Waals surface area (Å²) in [6.07, 6.45) is -2.99. The minimum Gasteiger partial charge on any atom is -0.481 e. The molecular formula is C12H14F3N3O2. The van der Waals surface area contributed by atoms with E-state index in [1.54, 1.807) is 0 Å². The Bertz CT molecular complexity index is 476. The molecule has 0 spiro atoms. The molecule has 1 aromatic rings. The molecule has 1 N–H and O–H groups in total. The van der Waals surface area contributed by atoms with Crippen molar-refractivity contribution in [3.05, 3.63) is 17.8 Å². The number of rotatable bonds is 4. The van der Waals surface area contributed by atoms with Gasteiger partial charge in [0.2, 0.25) is 0 Å². The number of carboxylic acids is 1. The first-order valence-corrected chi connectivity index (χ1v) is 6.24. The van der Waals surface area contributed by atoms with Crippen LogP contribution >= 0.6 is 0 Å². The smallest absolute Gasteiger partial charge is 0.435 e. The highest BCUT2D eigenvalue weighted by Crippen LogP contribution is 2.29. The van der Waals surface area contributed by atoms with Crippen molar-refractivity contribution in [3.8, 4) is 0 Å². The van der Waals surface area contributed by atoms with Gasteiger partial charge in [0, 0.05) is 19.5 Å². The molecule has 2 heterocycles. The predicted octanol–water partition coefficient (Wildman–Crippen LogP) is 2.19. The van der Waals surface area contributed by atoms with E-state index < -0.39 is 17.8 Å². The van der Waals surface area contributed by atoms with Crippen molar-refractivity contribution in [1.29, 1.82) is 0 Å². The Hall–Kier alpha value is -1.86. The van der Waals surface area contributed by atoms with E-state index in [4.69, 9.17) is 5.11 Å². The first kappa shape index (κ1) is 14.5. The summed E-state index contributed by atoms with van der Waals surface area (Å²) in [7, 11) is 0. The lowest BCUT2D eigenvalue weighted by atomic mass is 10.0. The molecule has 1 fully saturated rings. The summed E-state index contributed by atoms with van der Waals surface area (Å²) in [4.78, 5) is 12.3. The Morgan fingerprint density at radius 3 is 2.70 bits per heavy atom. The van der Waals surface area contributed by atoms with Gasteiger partial charge in [-0.25, -0.2) is 0 Å². The summed E-state index contributed by atoms with van der Waals surface area (Å²) in [5.41, 5.74) is -1.01. The van der Waals surface area contributed by atoms with Crippen LogP contribution in [0.4, 0.5) is 19.0 Å². The second kappa shape index (κ2) is 5.64. The quantitative estimate of drug-likeness (QED) is 0.920. The van der Waals surface area contributed by atoms with E-state index in [0.717, 1.165) is 12.5 Å². The maximum absolute atomic E-state index is 12.4. The van der Waals surface area contributed by atoms with E-state index in [1.807, 2.05) is 4.90 Å². The highest BCUT2D eigenvalue weighted by atomic mass is 19.4. The van der Waals surface area contributed by atoms with E-state index in [1.165, 1.54) is 6.07 Å². The van der Waals surface area contributed by atoms with Crippen molar-refractivity contribution >= 4 is 11.8 Å². The molecule has 5 nitrogen and oxygen atoms in total. The van der Waals surface area contributed by atoms with E-state index in [-0.39, 0.29) is 12.3 Å². The lowest BCUT2D eigenvalue weighted by molar-refractivity contribution is -0.141. The number of halogens is 3. The number of nitrogens with zero attached hydrogens (tertiary/aromatic N) is 3. The summed E-state index contributed by atoms with van der Waals surface area (Å²) in [5.74, 6) is -0.205. The first-order valence-electron chi connectivity index (χ1n) is 6.24. The van der Waals surface area contributed by atoms with Crippen LogP contribution < -0.4 is 4.90 Å². The van der Waals surface area contributed by atoms with Gasteiger partial charge in [-0.15, -0.1) is 10.2 Å². The molecule has 1 atom stereocenters. The summed E-state index contributed by atoms with van der Waals surface area (Å²) >= 11 is 0. The van der Waals surface area contributed by atoms with Gasteiger partial charge in [-0.1, -0.05) is 0 Å². The molecule has 1 aliphatic heterocycles. The fourth-order valence-corrected chi connectivity index (χ4v) is 2.25.